The summed E-state index contributed by atoms with van der Waals surface area (Å²) in [5.74, 6) is 0.940. The molecule has 1 aromatic rings. The normalized spacial score (nSPS) is 18.1. The van der Waals surface area contributed by atoms with Crippen LogP contribution in [0.4, 0.5) is 5.69 Å². The summed E-state index contributed by atoms with van der Waals surface area (Å²) < 4.78 is 0. The topological polar surface area (TPSA) is 46.1 Å². The van der Waals surface area contributed by atoms with E-state index in [0.717, 1.165) is 30.9 Å². The molecule has 0 radical (unpaired) electrons. The van der Waals surface area contributed by atoms with E-state index >= 15 is 0 Å². The van der Waals surface area contributed by atoms with Gasteiger partial charge in [0, 0.05) is 13.0 Å². The number of amides is 1. The molecule has 1 aromatic heterocycles. The van der Waals surface area contributed by atoms with E-state index in [1.807, 2.05) is 11.8 Å². The van der Waals surface area contributed by atoms with Crippen molar-refractivity contribution in [1.29, 1.82) is 0 Å². The van der Waals surface area contributed by atoms with Crippen LogP contribution in [0, 0.1) is 6.92 Å². The van der Waals surface area contributed by atoms with E-state index in [1.165, 1.54) is 12.8 Å². The van der Waals surface area contributed by atoms with E-state index in [0.29, 0.717) is 6.42 Å². The minimum absolute atomic E-state index is 0.201. The van der Waals surface area contributed by atoms with Crippen molar-refractivity contribution in [2.75, 3.05) is 11.4 Å². The summed E-state index contributed by atoms with van der Waals surface area (Å²) in [6.45, 7) is 2.64. The standard InChI is InChI=1S/C12H17N3O/c1-10-13-8-11(9-14-10)15-7-5-3-2-4-6-12(15)16/h8-9H,2-7H2,1H3. The van der Waals surface area contributed by atoms with Crippen molar-refractivity contribution in [2.24, 2.45) is 0 Å². The smallest absolute Gasteiger partial charge is 0.227 e. The van der Waals surface area contributed by atoms with Crippen LogP contribution in [0.2, 0.25) is 0 Å². The SMILES string of the molecule is Cc1ncc(N2CCCCCCC2=O)cn1. The Labute approximate surface area is 95.7 Å². The van der Waals surface area contributed by atoms with Gasteiger partial charge in [-0.2, -0.15) is 0 Å². The molecule has 1 aliphatic rings. The number of carbonyl (C=O) groups is 1. The summed E-state index contributed by atoms with van der Waals surface area (Å²) in [5, 5.41) is 0. The average Bonchev–Trinajstić information content (AvgIpc) is 2.26. The lowest BCUT2D eigenvalue weighted by molar-refractivity contribution is -0.118. The largest absolute Gasteiger partial charge is 0.310 e. The molecule has 0 unspecified atom stereocenters. The molecule has 0 saturated carbocycles. The summed E-state index contributed by atoms with van der Waals surface area (Å²) in [6, 6.07) is 0. The fourth-order valence-electron chi connectivity index (χ4n) is 1.96. The van der Waals surface area contributed by atoms with Gasteiger partial charge in [0.1, 0.15) is 5.82 Å². The van der Waals surface area contributed by atoms with E-state index in [2.05, 4.69) is 9.97 Å². The summed E-state index contributed by atoms with van der Waals surface area (Å²) in [5.41, 5.74) is 0.831. The molecule has 4 nitrogen and oxygen atoms in total. The lowest BCUT2D eigenvalue weighted by Gasteiger charge is -2.24. The Balaban J connectivity index is 2.15. The Morgan fingerprint density at radius 2 is 1.81 bits per heavy atom. The van der Waals surface area contributed by atoms with Gasteiger partial charge in [0.05, 0.1) is 18.1 Å². The Hall–Kier alpha value is -1.45. The molecule has 1 fully saturated rings. The maximum Gasteiger partial charge on any atom is 0.227 e. The van der Waals surface area contributed by atoms with Gasteiger partial charge in [-0.3, -0.25) is 4.79 Å². The third-order valence-corrected chi connectivity index (χ3v) is 2.90. The van der Waals surface area contributed by atoms with Crippen LogP contribution in [0.25, 0.3) is 0 Å². The quantitative estimate of drug-likeness (QED) is 0.726. The lowest BCUT2D eigenvalue weighted by Crippen LogP contribution is -2.33. The van der Waals surface area contributed by atoms with Gasteiger partial charge >= 0.3 is 0 Å². The Morgan fingerprint density at radius 3 is 2.56 bits per heavy atom. The third kappa shape index (κ3) is 2.56. The fraction of sp³-hybridized carbons (Fsp3) is 0.583. The molecule has 1 aliphatic heterocycles. The van der Waals surface area contributed by atoms with Gasteiger partial charge in [-0.15, -0.1) is 0 Å². The van der Waals surface area contributed by atoms with Crippen molar-refractivity contribution >= 4 is 11.6 Å². The highest BCUT2D eigenvalue weighted by molar-refractivity contribution is 5.93. The number of hydrogen-bond acceptors (Lipinski definition) is 3. The molecule has 0 spiro atoms. The highest BCUT2D eigenvalue weighted by Crippen LogP contribution is 2.18. The monoisotopic (exact) mass is 219 g/mol. The first-order valence-corrected chi connectivity index (χ1v) is 5.86. The van der Waals surface area contributed by atoms with Crippen molar-refractivity contribution in [3.63, 3.8) is 0 Å². The van der Waals surface area contributed by atoms with E-state index in [-0.39, 0.29) is 5.91 Å². The molecule has 0 atom stereocenters. The molecular weight excluding hydrogens is 202 g/mol. The molecule has 0 bridgehead atoms. The van der Waals surface area contributed by atoms with Crippen LogP contribution in [0.1, 0.15) is 37.9 Å². The zero-order valence-corrected chi connectivity index (χ0v) is 9.65. The number of rotatable bonds is 1. The van der Waals surface area contributed by atoms with E-state index in [1.54, 1.807) is 12.4 Å². The number of aryl methyl sites for hydroxylation is 1. The van der Waals surface area contributed by atoms with Crippen LogP contribution in [0.3, 0.4) is 0 Å². The fourth-order valence-corrected chi connectivity index (χ4v) is 1.96. The van der Waals surface area contributed by atoms with Crippen molar-refractivity contribution in [3.8, 4) is 0 Å². The van der Waals surface area contributed by atoms with E-state index < -0.39 is 0 Å². The molecule has 4 heteroatoms. The predicted octanol–water partition coefficient (Wildman–Crippen LogP) is 2.08. The van der Waals surface area contributed by atoms with Gasteiger partial charge in [-0.05, 0) is 19.8 Å². The lowest BCUT2D eigenvalue weighted by atomic mass is 10.1. The second kappa shape index (κ2) is 5.05. The van der Waals surface area contributed by atoms with E-state index in [9.17, 15) is 4.79 Å². The highest BCUT2D eigenvalue weighted by Gasteiger charge is 2.17. The van der Waals surface area contributed by atoms with Crippen LogP contribution in [0.15, 0.2) is 12.4 Å². The van der Waals surface area contributed by atoms with Gasteiger partial charge in [-0.25, -0.2) is 9.97 Å². The average molecular weight is 219 g/mol. The summed E-state index contributed by atoms with van der Waals surface area (Å²) in [7, 11) is 0. The first kappa shape index (κ1) is 11.0. The third-order valence-electron chi connectivity index (χ3n) is 2.90. The predicted molar refractivity (Wildman–Crippen MR) is 62.2 cm³/mol. The van der Waals surface area contributed by atoms with Crippen LogP contribution in [-0.2, 0) is 4.79 Å². The minimum Gasteiger partial charge on any atom is -0.310 e. The van der Waals surface area contributed by atoms with Crippen LogP contribution in [0.5, 0.6) is 0 Å². The summed E-state index contributed by atoms with van der Waals surface area (Å²) >= 11 is 0. The number of nitrogens with zero attached hydrogens (tertiary/aromatic N) is 3. The molecule has 2 rings (SSSR count). The van der Waals surface area contributed by atoms with Gasteiger partial charge < -0.3 is 4.90 Å². The molecule has 0 aromatic carbocycles. The second-order valence-corrected chi connectivity index (χ2v) is 4.20. The minimum atomic E-state index is 0.201. The van der Waals surface area contributed by atoms with Crippen LogP contribution >= 0.6 is 0 Å². The molecule has 1 saturated heterocycles. The summed E-state index contributed by atoms with van der Waals surface area (Å²) in [6.07, 6.45) is 8.57. The molecule has 86 valence electrons. The van der Waals surface area contributed by atoms with Gasteiger partial charge in [0.15, 0.2) is 0 Å². The van der Waals surface area contributed by atoms with Crippen molar-refractivity contribution in [3.05, 3.63) is 18.2 Å². The Kier molecular flexibility index (Phi) is 3.49. The highest BCUT2D eigenvalue weighted by atomic mass is 16.2. The van der Waals surface area contributed by atoms with Gasteiger partial charge in [0.2, 0.25) is 5.91 Å². The van der Waals surface area contributed by atoms with Crippen molar-refractivity contribution < 1.29 is 4.79 Å². The van der Waals surface area contributed by atoms with Crippen LogP contribution in [-0.4, -0.2) is 22.4 Å². The molecule has 16 heavy (non-hydrogen) atoms. The number of carbonyl (C=O) groups excluding carboxylic acids is 1. The van der Waals surface area contributed by atoms with Gasteiger partial charge in [-0.1, -0.05) is 12.8 Å². The number of hydrogen-bond donors (Lipinski definition) is 0. The molecule has 1 amide bonds. The van der Waals surface area contributed by atoms with Gasteiger partial charge in [0.25, 0.3) is 0 Å². The Morgan fingerprint density at radius 1 is 1.12 bits per heavy atom. The maximum absolute atomic E-state index is 11.9. The summed E-state index contributed by atoms with van der Waals surface area (Å²) in [4.78, 5) is 22.0. The number of aromatic nitrogens is 2. The second-order valence-electron chi connectivity index (χ2n) is 4.20. The van der Waals surface area contributed by atoms with Crippen molar-refractivity contribution in [2.45, 2.75) is 39.0 Å². The first-order valence-electron chi connectivity index (χ1n) is 5.86. The Bertz CT molecular complexity index is 361. The molecule has 2 heterocycles. The van der Waals surface area contributed by atoms with Crippen molar-refractivity contribution in [1.82, 2.24) is 9.97 Å². The van der Waals surface area contributed by atoms with E-state index in [4.69, 9.17) is 0 Å². The number of anilines is 1. The van der Waals surface area contributed by atoms with Crippen LogP contribution < -0.4 is 4.90 Å². The molecule has 0 N–H and O–H groups in total. The maximum atomic E-state index is 11.9. The zero-order valence-electron chi connectivity index (χ0n) is 9.65. The zero-order chi connectivity index (χ0) is 11.4. The molecular formula is C12H17N3O. The first-order chi connectivity index (χ1) is 7.77. The molecule has 0 aliphatic carbocycles.